The molecule has 1 aromatic heterocycles. The van der Waals surface area contributed by atoms with Crippen molar-refractivity contribution >= 4 is 40.0 Å². The fourth-order valence-corrected chi connectivity index (χ4v) is 3.42. The number of carbonyl (C=O) groups is 1. The van der Waals surface area contributed by atoms with Crippen molar-refractivity contribution in [2.45, 2.75) is 5.44 Å². The lowest BCUT2D eigenvalue weighted by Gasteiger charge is -2.12. The van der Waals surface area contributed by atoms with Crippen LogP contribution in [0.3, 0.4) is 0 Å². The number of aromatic nitrogens is 1. The highest BCUT2D eigenvalue weighted by Crippen LogP contribution is 2.36. The summed E-state index contributed by atoms with van der Waals surface area (Å²) in [5, 5.41) is 1.22. The lowest BCUT2D eigenvalue weighted by molar-refractivity contribution is 0.0791. The minimum Gasteiger partial charge on any atom is -0.362 e. The van der Waals surface area contributed by atoms with E-state index in [1.54, 1.807) is 42.7 Å². The van der Waals surface area contributed by atoms with Gasteiger partial charge in [-0.05, 0) is 30.5 Å². The highest BCUT2D eigenvalue weighted by atomic mass is 35.5. The van der Waals surface area contributed by atoms with Gasteiger partial charge in [-0.3, -0.25) is 4.79 Å². The molecule has 0 amide bonds. The van der Waals surface area contributed by atoms with Gasteiger partial charge in [0, 0.05) is 34.2 Å². The van der Waals surface area contributed by atoms with Crippen LogP contribution in [0.25, 0.3) is 22.0 Å². The largest absolute Gasteiger partial charge is 0.362 e. The summed E-state index contributed by atoms with van der Waals surface area (Å²) >= 11 is 7.38. The second kappa shape index (κ2) is 6.97. The van der Waals surface area contributed by atoms with Gasteiger partial charge in [0.1, 0.15) is 5.82 Å². The van der Waals surface area contributed by atoms with Crippen LogP contribution >= 0.6 is 23.4 Å². The molecule has 0 spiro atoms. The van der Waals surface area contributed by atoms with Crippen LogP contribution in [0, 0.1) is 5.82 Å². The van der Waals surface area contributed by atoms with E-state index in [1.807, 2.05) is 0 Å². The highest BCUT2D eigenvalue weighted by molar-refractivity contribution is 7.99. The molecule has 0 aliphatic rings. The van der Waals surface area contributed by atoms with E-state index in [4.69, 9.17) is 16.3 Å². The Balaban J connectivity index is 2.31. The fraction of sp³-hybridized carbons (Fsp3) is 0.167. The lowest BCUT2D eigenvalue weighted by Crippen LogP contribution is -2.20. The molecule has 1 N–H and O–H groups in total. The standard InChI is InChI=1S/C18H15ClFNO2S/c1-23-18(24-2)17(22)16-15(11-5-3-4-6-13(11)20)12-9-10(19)7-8-14(12)21-16/h3-9,18,21H,1-2H3. The maximum Gasteiger partial charge on any atom is 0.218 e. The smallest absolute Gasteiger partial charge is 0.218 e. The van der Waals surface area contributed by atoms with Crippen LogP contribution < -0.4 is 0 Å². The topological polar surface area (TPSA) is 42.1 Å². The summed E-state index contributed by atoms with van der Waals surface area (Å²) in [5.41, 5.74) is 1.23. The summed E-state index contributed by atoms with van der Waals surface area (Å²) < 4.78 is 19.6. The minimum atomic E-state index is -0.668. The molecule has 1 unspecified atom stereocenters. The molecule has 3 nitrogen and oxygen atoms in total. The highest BCUT2D eigenvalue weighted by Gasteiger charge is 2.26. The summed E-state index contributed by atoms with van der Waals surface area (Å²) in [4.78, 5) is 15.9. The Morgan fingerprint density at radius 2 is 2.04 bits per heavy atom. The molecule has 0 saturated carbocycles. The molecule has 3 aromatic rings. The number of aromatic amines is 1. The first-order chi connectivity index (χ1) is 11.6. The molecule has 1 heterocycles. The number of nitrogens with one attached hydrogen (secondary N) is 1. The second-order valence-electron chi connectivity index (χ2n) is 5.21. The van der Waals surface area contributed by atoms with Crippen LogP contribution in [0.15, 0.2) is 42.5 Å². The first-order valence-electron chi connectivity index (χ1n) is 7.22. The number of rotatable bonds is 5. The van der Waals surface area contributed by atoms with E-state index in [2.05, 4.69) is 4.98 Å². The van der Waals surface area contributed by atoms with E-state index in [0.29, 0.717) is 27.2 Å². The molecule has 24 heavy (non-hydrogen) atoms. The van der Waals surface area contributed by atoms with Crippen LogP contribution in [-0.2, 0) is 4.74 Å². The van der Waals surface area contributed by atoms with Gasteiger partial charge in [-0.2, -0.15) is 0 Å². The second-order valence-corrected chi connectivity index (χ2v) is 6.55. The first kappa shape index (κ1) is 17.0. The predicted octanol–water partition coefficient (Wildman–Crippen LogP) is 5.15. The molecule has 0 radical (unpaired) electrons. The van der Waals surface area contributed by atoms with Crippen molar-refractivity contribution in [3.63, 3.8) is 0 Å². The van der Waals surface area contributed by atoms with Crippen LogP contribution in [-0.4, -0.2) is 29.6 Å². The summed E-state index contributed by atoms with van der Waals surface area (Å²) in [6.45, 7) is 0. The SMILES string of the molecule is COC(SC)C(=O)c1[nH]c2ccc(Cl)cc2c1-c1ccccc1F. The van der Waals surface area contributed by atoms with E-state index in [9.17, 15) is 9.18 Å². The number of Topliss-reactive ketones (excluding diaryl/α,β-unsaturated/α-hetero) is 1. The Kier molecular flexibility index (Phi) is 4.94. The van der Waals surface area contributed by atoms with Gasteiger partial charge in [0.2, 0.25) is 5.78 Å². The number of carbonyl (C=O) groups excluding carboxylic acids is 1. The number of halogens is 2. The fourth-order valence-electron chi connectivity index (χ4n) is 2.72. The zero-order chi connectivity index (χ0) is 17.3. The summed E-state index contributed by atoms with van der Waals surface area (Å²) in [5.74, 6) is -0.638. The van der Waals surface area contributed by atoms with Gasteiger partial charge < -0.3 is 9.72 Å². The van der Waals surface area contributed by atoms with Crippen molar-refractivity contribution in [1.82, 2.24) is 4.98 Å². The number of ketones is 1. The quantitative estimate of drug-likeness (QED) is 0.503. The van der Waals surface area contributed by atoms with E-state index in [1.165, 1.54) is 24.9 Å². The van der Waals surface area contributed by atoms with Crippen LogP contribution in [0.2, 0.25) is 5.02 Å². The lowest BCUT2D eigenvalue weighted by atomic mass is 9.99. The van der Waals surface area contributed by atoms with Crippen molar-refractivity contribution in [3.8, 4) is 11.1 Å². The van der Waals surface area contributed by atoms with Gasteiger partial charge in [-0.15, -0.1) is 11.8 Å². The molecular weight excluding hydrogens is 349 g/mol. The van der Waals surface area contributed by atoms with E-state index in [0.717, 1.165) is 5.52 Å². The molecule has 1 atom stereocenters. The Morgan fingerprint density at radius 1 is 1.29 bits per heavy atom. The first-order valence-corrected chi connectivity index (χ1v) is 8.89. The number of hydrogen-bond acceptors (Lipinski definition) is 3. The van der Waals surface area contributed by atoms with E-state index < -0.39 is 11.3 Å². The average molecular weight is 364 g/mol. The van der Waals surface area contributed by atoms with Crippen molar-refractivity contribution < 1.29 is 13.9 Å². The number of fused-ring (bicyclic) bond motifs is 1. The Bertz CT molecular complexity index is 905. The van der Waals surface area contributed by atoms with Crippen LogP contribution in [0.5, 0.6) is 0 Å². The van der Waals surface area contributed by atoms with E-state index >= 15 is 0 Å². The van der Waals surface area contributed by atoms with Gasteiger partial charge in [0.05, 0.1) is 5.69 Å². The van der Waals surface area contributed by atoms with Gasteiger partial charge in [0.25, 0.3) is 0 Å². The molecule has 0 fully saturated rings. The molecule has 3 rings (SSSR count). The molecule has 0 bridgehead atoms. The molecule has 6 heteroatoms. The third-order valence-corrected chi connectivity index (χ3v) is 4.86. The van der Waals surface area contributed by atoms with Gasteiger partial charge in [-0.25, -0.2) is 4.39 Å². The number of hydrogen-bond donors (Lipinski definition) is 1. The molecule has 2 aromatic carbocycles. The number of methoxy groups -OCH3 is 1. The summed E-state index contributed by atoms with van der Waals surface area (Å²) in [6.07, 6.45) is 1.79. The molecule has 0 aliphatic carbocycles. The van der Waals surface area contributed by atoms with Crippen molar-refractivity contribution in [2.75, 3.05) is 13.4 Å². The van der Waals surface area contributed by atoms with Gasteiger partial charge in [0.15, 0.2) is 5.44 Å². The Hall–Kier alpha value is -1.82. The molecule has 0 saturated heterocycles. The van der Waals surface area contributed by atoms with E-state index in [-0.39, 0.29) is 5.78 Å². The van der Waals surface area contributed by atoms with Gasteiger partial charge >= 0.3 is 0 Å². The summed E-state index contributed by atoms with van der Waals surface area (Å²) in [6, 6.07) is 11.6. The zero-order valence-corrected chi connectivity index (χ0v) is 14.7. The molecular formula is C18H15ClFNO2S. The van der Waals surface area contributed by atoms with Crippen molar-refractivity contribution in [2.24, 2.45) is 0 Å². The number of thioether (sulfide) groups is 1. The molecule has 0 aliphatic heterocycles. The Morgan fingerprint density at radius 3 is 2.71 bits per heavy atom. The maximum absolute atomic E-state index is 14.4. The third kappa shape index (κ3) is 2.95. The normalized spacial score (nSPS) is 12.5. The number of H-pyrrole nitrogens is 1. The Labute approximate surface area is 148 Å². The molecule has 124 valence electrons. The van der Waals surface area contributed by atoms with Gasteiger partial charge in [-0.1, -0.05) is 29.8 Å². The average Bonchev–Trinajstić information content (AvgIpc) is 2.94. The van der Waals surface area contributed by atoms with Crippen LogP contribution in [0.1, 0.15) is 10.5 Å². The van der Waals surface area contributed by atoms with Crippen molar-refractivity contribution in [1.29, 1.82) is 0 Å². The third-order valence-electron chi connectivity index (χ3n) is 3.79. The number of ether oxygens (including phenoxy) is 1. The summed E-state index contributed by atoms with van der Waals surface area (Å²) in [7, 11) is 1.47. The predicted molar refractivity (Wildman–Crippen MR) is 97.3 cm³/mol. The number of benzene rings is 2. The minimum absolute atomic E-state index is 0.240. The zero-order valence-electron chi connectivity index (χ0n) is 13.1. The monoisotopic (exact) mass is 363 g/mol. The maximum atomic E-state index is 14.4. The van der Waals surface area contributed by atoms with Crippen molar-refractivity contribution in [3.05, 3.63) is 59.0 Å². The van der Waals surface area contributed by atoms with Crippen LogP contribution in [0.4, 0.5) is 4.39 Å².